The average Bonchev–Trinajstić information content (AvgIpc) is 2.51. The lowest BCUT2D eigenvalue weighted by Gasteiger charge is -2.39. The third-order valence-electron chi connectivity index (χ3n) is 5.35. The lowest BCUT2D eigenvalue weighted by Crippen LogP contribution is -2.49. The van der Waals surface area contributed by atoms with Gasteiger partial charge in [0.25, 0.3) is 0 Å². The Hall–Kier alpha value is -0.380. The first-order valence-corrected chi connectivity index (χ1v) is 6.58. The van der Waals surface area contributed by atoms with E-state index in [0.717, 1.165) is 12.8 Å². The molecule has 0 aromatic rings. The van der Waals surface area contributed by atoms with Gasteiger partial charge in [-0.25, -0.2) is 0 Å². The predicted molar refractivity (Wildman–Crippen MR) is 65.3 cm³/mol. The van der Waals surface area contributed by atoms with Gasteiger partial charge in [-0.1, -0.05) is 36.7 Å². The fourth-order valence-corrected chi connectivity index (χ4v) is 5.19. The van der Waals surface area contributed by atoms with Crippen LogP contribution < -0.4 is 5.32 Å². The lowest BCUT2D eigenvalue weighted by atomic mass is 9.64. The summed E-state index contributed by atoms with van der Waals surface area (Å²) in [5.74, 6) is 0.182. The maximum atomic E-state index is 12.3. The first-order chi connectivity index (χ1) is 7.25. The average molecular weight is 288 g/mol. The number of nitrogens with one attached hydrogen (secondary N) is 1. The number of Topliss-reactive ketones (excluding diaryl/α,β-unsaturated/α-hetero) is 1. The Kier molecular flexibility index (Phi) is 2.34. The van der Waals surface area contributed by atoms with Crippen LogP contribution in [0.4, 0.5) is 0 Å². The molecule has 0 aromatic heterocycles. The molecule has 2 fully saturated rings. The molecule has 2 bridgehead atoms. The third kappa shape index (κ3) is 0.918. The minimum Gasteiger partial charge on any atom is -0.359 e. The van der Waals surface area contributed by atoms with Crippen LogP contribution in [0.5, 0.6) is 0 Å². The second-order valence-electron chi connectivity index (χ2n) is 5.73. The van der Waals surface area contributed by atoms with E-state index in [1.54, 1.807) is 7.05 Å². The van der Waals surface area contributed by atoms with Crippen LogP contribution in [0, 0.1) is 16.2 Å². The summed E-state index contributed by atoms with van der Waals surface area (Å²) in [4.78, 5) is 24.2. The molecule has 2 rings (SSSR count). The van der Waals surface area contributed by atoms with E-state index in [1.165, 1.54) is 0 Å². The topological polar surface area (TPSA) is 46.2 Å². The van der Waals surface area contributed by atoms with Crippen molar-refractivity contribution in [1.29, 1.82) is 0 Å². The molecule has 3 atom stereocenters. The highest BCUT2D eigenvalue weighted by Gasteiger charge is 2.76. The number of fused-ring (bicyclic) bond motifs is 2. The number of amides is 1. The van der Waals surface area contributed by atoms with Crippen molar-refractivity contribution in [3.05, 3.63) is 0 Å². The number of carbonyl (C=O) groups excluding carboxylic acids is 2. The van der Waals surface area contributed by atoms with E-state index in [-0.39, 0.29) is 27.3 Å². The molecule has 3 unspecified atom stereocenters. The van der Waals surface area contributed by atoms with E-state index in [9.17, 15) is 9.59 Å². The van der Waals surface area contributed by atoms with E-state index >= 15 is 0 Å². The summed E-state index contributed by atoms with van der Waals surface area (Å²) in [5.41, 5.74) is -1.23. The van der Waals surface area contributed by atoms with Crippen LogP contribution in [-0.2, 0) is 9.59 Å². The van der Waals surface area contributed by atoms with Crippen LogP contribution in [-0.4, -0.2) is 23.6 Å². The molecule has 0 spiro atoms. The van der Waals surface area contributed by atoms with Crippen LogP contribution in [0.15, 0.2) is 0 Å². The minimum absolute atomic E-state index is 0.00560. The summed E-state index contributed by atoms with van der Waals surface area (Å²) in [6.07, 6.45) is 1.60. The van der Waals surface area contributed by atoms with Gasteiger partial charge in [-0.3, -0.25) is 9.59 Å². The SMILES string of the molecule is CNC(=O)C12CCC(C)(C(=O)C1Br)C2(C)C. The number of hydrogen-bond donors (Lipinski definition) is 1. The Morgan fingerprint density at radius 3 is 2.31 bits per heavy atom. The first kappa shape index (κ1) is 12.1. The Morgan fingerprint density at radius 1 is 1.38 bits per heavy atom. The second-order valence-corrected chi connectivity index (χ2v) is 6.65. The molecule has 3 nitrogen and oxygen atoms in total. The van der Waals surface area contributed by atoms with E-state index < -0.39 is 5.41 Å². The highest BCUT2D eigenvalue weighted by molar-refractivity contribution is 9.10. The lowest BCUT2D eigenvalue weighted by molar-refractivity contribution is -0.135. The normalized spacial score (nSPS) is 44.8. The molecule has 0 aliphatic heterocycles. The van der Waals surface area contributed by atoms with Gasteiger partial charge in [-0.2, -0.15) is 0 Å². The molecule has 16 heavy (non-hydrogen) atoms. The van der Waals surface area contributed by atoms with Gasteiger partial charge in [0.15, 0.2) is 5.78 Å². The Labute approximate surface area is 104 Å². The van der Waals surface area contributed by atoms with Gasteiger partial charge >= 0.3 is 0 Å². The Bertz CT molecular complexity index is 379. The fourth-order valence-electron chi connectivity index (χ4n) is 3.68. The Balaban J connectivity index is 2.63. The monoisotopic (exact) mass is 287 g/mol. The summed E-state index contributed by atoms with van der Waals surface area (Å²) in [7, 11) is 1.64. The molecule has 2 aliphatic carbocycles. The predicted octanol–water partition coefficient (Wildman–Crippen LogP) is 1.89. The molecule has 0 radical (unpaired) electrons. The maximum absolute atomic E-state index is 12.3. The molecule has 1 amide bonds. The number of carbonyl (C=O) groups is 2. The van der Waals surface area contributed by atoms with Crippen LogP contribution in [0.1, 0.15) is 33.6 Å². The summed E-state index contributed by atoms with van der Waals surface area (Å²) < 4.78 is 0. The van der Waals surface area contributed by atoms with E-state index in [4.69, 9.17) is 0 Å². The molecular formula is C12H18BrNO2. The maximum Gasteiger partial charge on any atom is 0.228 e. The summed E-state index contributed by atoms with van der Waals surface area (Å²) in [6.45, 7) is 6.10. The highest BCUT2D eigenvalue weighted by Crippen LogP contribution is 2.72. The van der Waals surface area contributed by atoms with Crippen molar-refractivity contribution in [1.82, 2.24) is 5.32 Å². The van der Waals surface area contributed by atoms with E-state index in [2.05, 4.69) is 35.1 Å². The van der Waals surface area contributed by atoms with Gasteiger partial charge in [-0.05, 0) is 18.3 Å². The van der Waals surface area contributed by atoms with Gasteiger partial charge in [0.2, 0.25) is 5.91 Å². The molecule has 1 N–H and O–H groups in total. The second kappa shape index (κ2) is 3.09. The van der Waals surface area contributed by atoms with Crippen molar-refractivity contribution in [3.63, 3.8) is 0 Å². The first-order valence-electron chi connectivity index (χ1n) is 5.66. The van der Waals surface area contributed by atoms with Gasteiger partial charge < -0.3 is 5.32 Å². The highest BCUT2D eigenvalue weighted by atomic mass is 79.9. The van der Waals surface area contributed by atoms with E-state index in [1.807, 2.05) is 6.92 Å². The van der Waals surface area contributed by atoms with Crippen molar-refractivity contribution >= 4 is 27.6 Å². The quantitative estimate of drug-likeness (QED) is 0.749. The van der Waals surface area contributed by atoms with Crippen molar-refractivity contribution < 1.29 is 9.59 Å². The van der Waals surface area contributed by atoms with Crippen LogP contribution >= 0.6 is 15.9 Å². The zero-order valence-electron chi connectivity index (χ0n) is 10.2. The van der Waals surface area contributed by atoms with E-state index in [0.29, 0.717) is 0 Å². The zero-order chi connectivity index (χ0) is 12.4. The van der Waals surface area contributed by atoms with Crippen LogP contribution in [0.3, 0.4) is 0 Å². The fraction of sp³-hybridized carbons (Fsp3) is 0.833. The summed E-state index contributed by atoms with van der Waals surface area (Å²) >= 11 is 3.46. The molecule has 4 heteroatoms. The molecular weight excluding hydrogens is 270 g/mol. The Morgan fingerprint density at radius 2 is 1.94 bits per heavy atom. The third-order valence-corrected chi connectivity index (χ3v) is 6.55. The van der Waals surface area contributed by atoms with Crippen molar-refractivity contribution in [3.8, 4) is 0 Å². The number of halogens is 1. The van der Waals surface area contributed by atoms with Gasteiger partial charge in [0, 0.05) is 12.5 Å². The number of ketones is 1. The van der Waals surface area contributed by atoms with Gasteiger partial charge in [-0.15, -0.1) is 0 Å². The van der Waals surface area contributed by atoms with Crippen molar-refractivity contribution in [2.75, 3.05) is 7.05 Å². The smallest absolute Gasteiger partial charge is 0.228 e. The van der Waals surface area contributed by atoms with Crippen LogP contribution in [0.2, 0.25) is 0 Å². The number of rotatable bonds is 1. The molecule has 0 saturated heterocycles. The number of alkyl halides is 1. The zero-order valence-corrected chi connectivity index (χ0v) is 11.8. The van der Waals surface area contributed by atoms with Crippen LogP contribution in [0.25, 0.3) is 0 Å². The molecule has 2 saturated carbocycles. The molecule has 0 aromatic carbocycles. The van der Waals surface area contributed by atoms with Gasteiger partial charge in [0.1, 0.15) is 0 Å². The van der Waals surface area contributed by atoms with Gasteiger partial charge in [0.05, 0.1) is 10.2 Å². The minimum atomic E-state index is -0.576. The van der Waals surface area contributed by atoms with Crippen molar-refractivity contribution in [2.45, 2.75) is 38.4 Å². The largest absolute Gasteiger partial charge is 0.359 e. The molecule has 2 aliphatic rings. The van der Waals surface area contributed by atoms with Crippen molar-refractivity contribution in [2.24, 2.45) is 16.2 Å². The summed E-state index contributed by atoms with van der Waals surface area (Å²) in [6, 6.07) is 0. The number of hydrogen-bond acceptors (Lipinski definition) is 2. The molecule has 90 valence electrons. The summed E-state index contributed by atoms with van der Waals surface area (Å²) in [5, 5.41) is 2.73. The molecule has 0 heterocycles. The standard InChI is InChI=1S/C12H18BrNO2/c1-10(2)11(3)5-6-12(10,9(16)14-4)7(13)8(11)15/h7H,5-6H2,1-4H3,(H,14,16).